The van der Waals surface area contributed by atoms with Crippen LogP contribution in [0, 0.1) is 16.0 Å². The zero-order valence-electron chi connectivity index (χ0n) is 12.8. The third-order valence-corrected chi connectivity index (χ3v) is 2.79. The van der Waals surface area contributed by atoms with Gasteiger partial charge in [-0.2, -0.15) is 0 Å². The van der Waals surface area contributed by atoms with Gasteiger partial charge in [-0.05, 0) is 13.0 Å². The molecule has 0 bridgehead atoms. The van der Waals surface area contributed by atoms with Gasteiger partial charge in [0.25, 0.3) is 11.6 Å². The molecule has 0 aromatic heterocycles. The van der Waals surface area contributed by atoms with E-state index in [1.165, 1.54) is 32.2 Å². The molecule has 120 valence electrons. The fourth-order valence-electron chi connectivity index (χ4n) is 1.51. The number of methoxy groups -OCH3 is 1. The summed E-state index contributed by atoms with van der Waals surface area (Å²) in [7, 11) is 1.37. The van der Waals surface area contributed by atoms with Crippen LogP contribution in [-0.2, 0) is 14.3 Å². The van der Waals surface area contributed by atoms with E-state index < -0.39 is 22.9 Å². The molecule has 0 saturated carbocycles. The van der Waals surface area contributed by atoms with Crippen LogP contribution in [0.5, 0.6) is 5.75 Å². The number of ether oxygens (including phenoxy) is 2. The number of hydrogen-bond acceptors (Lipinski definition) is 6. The van der Waals surface area contributed by atoms with Gasteiger partial charge >= 0.3 is 5.97 Å². The Morgan fingerprint density at radius 2 is 1.91 bits per heavy atom. The second-order valence-corrected chi connectivity index (χ2v) is 4.86. The van der Waals surface area contributed by atoms with Gasteiger partial charge in [-0.3, -0.25) is 19.7 Å². The van der Waals surface area contributed by atoms with Crippen molar-refractivity contribution in [1.29, 1.82) is 0 Å². The van der Waals surface area contributed by atoms with Crippen molar-refractivity contribution in [2.75, 3.05) is 12.4 Å². The number of nitrogens with one attached hydrogen (secondary N) is 1. The number of esters is 1. The van der Waals surface area contributed by atoms with E-state index in [9.17, 15) is 19.7 Å². The molecule has 0 saturated heterocycles. The Hall–Kier alpha value is -2.64. The van der Waals surface area contributed by atoms with Crippen molar-refractivity contribution >= 4 is 23.3 Å². The molecule has 1 aromatic carbocycles. The molecule has 0 radical (unpaired) electrons. The van der Waals surface area contributed by atoms with Crippen LogP contribution in [-0.4, -0.2) is 30.0 Å². The van der Waals surface area contributed by atoms with Crippen molar-refractivity contribution in [3.63, 3.8) is 0 Å². The molecule has 0 spiro atoms. The standard InChI is InChI=1S/C14H18N2O6/c1-8(2)14(18)22-9(3)13(17)15-11-7-10(16(19)20)5-6-12(11)21-4/h5-9H,1-4H3,(H,15,17)/t9-/m0/s1. The fourth-order valence-corrected chi connectivity index (χ4v) is 1.51. The van der Waals surface area contributed by atoms with Gasteiger partial charge in [0.2, 0.25) is 0 Å². The van der Waals surface area contributed by atoms with Crippen molar-refractivity contribution in [3.8, 4) is 5.75 Å². The quantitative estimate of drug-likeness (QED) is 0.490. The topological polar surface area (TPSA) is 108 Å². The number of carbonyl (C=O) groups is 2. The highest BCUT2D eigenvalue weighted by molar-refractivity contribution is 5.96. The number of non-ortho nitro benzene ring substituents is 1. The first kappa shape index (κ1) is 17.4. The molecule has 1 N–H and O–H groups in total. The van der Waals surface area contributed by atoms with Crippen molar-refractivity contribution in [2.24, 2.45) is 5.92 Å². The van der Waals surface area contributed by atoms with E-state index in [1.54, 1.807) is 13.8 Å². The van der Waals surface area contributed by atoms with Gasteiger partial charge in [-0.1, -0.05) is 13.8 Å². The molecular formula is C14H18N2O6. The molecule has 22 heavy (non-hydrogen) atoms. The first-order valence-corrected chi connectivity index (χ1v) is 6.60. The highest BCUT2D eigenvalue weighted by Gasteiger charge is 2.21. The molecule has 8 heteroatoms. The first-order chi connectivity index (χ1) is 10.3. The summed E-state index contributed by atoms with van der Waals surface area (Å²) in [5, 5.41) is 13.2. The number of nitro benzene ring substituents is 1. The van der Waals surface area contributed by atoms with E-state index in [0.29, 0.717) is 0 Å². The highest BCUT2D eigenvalue weighted by atomic mass is 16.6. The molecule has 1 amide bonds. The summed E-state index contributed by atoms with van der Waals surface area (Å²) in [5.41, 5.74) is -0.0583. The monoisotopic (exact) mass is 310 g/mol. The van der Waals surface area contributed by atoms with E-state index in [1.807, 2.05) is 0 Å². The molecular weight excluding hydrogens is 292 g/mol. The number of nitrogens with zero attached hydrogens (tertiary/aromatic N) is 1. The SMILES string of the molecule is COc1ccc([N+](=O)[O-])cc1NC(=O)[C@H](C)OC(=O)C(C)C. The highest BCUT2D eigenvalue weighted by Crippen LogP contribution is 2.29. The van der Waals surface area contributed by atoms with E-state index in [2.05, 4.69) is 5.32 Å². The number of amides is 1. The van der Waals surface area contributed by atoms with Crippen LogP contribution in [0.15, 0.2) is 18.2 Å². The molecule has 0 fully saturated rings. The van der Waals surface area contributed by atoms with Crippen molar-refractivity contribution in [3.05, 3.63) is 28.3 Å². The van der Waals surface area contributed by atoms with Gasteiger partial charge in [0.1, 0.15) is 5.75 Å². The molecule has 0 aliphatic carbocycles. The number of rotatable bonds is 6. The summed E-state index contributed by atoms with van der Waals surface area (Å²) in [6.45, 7) is 4.71. The summed E-state index contributed by atoms with van der Waals surface area (Å²) in [6, 6.07) is 3.81. The largest absolute Gasteiger partial charge is 0.495 e. The third kappa shape index (κ3) is 4.44. The van der Waals surface area contributed by atoms with Crippen LogP contribution < -0.4 is 10.1 Å². The van der Waals surface area contributed by atoms with E-state index in [4.69, 9.17) is 9.47 Å². The average molecular weight is 310 g/mol. The molecule has 0 unspecified atom stereocenters. The lowest BCUT2D eigenvalue weighted by Gasteiger charge is -2.16. The average Bonchev–Trinajstić information content (AvgIpc) is 2.46. The lowest BCUT2D eigenvalue weighted by atomic mass is 10.2. The summed E-state index contributed by atoms with van der Waals surface area (Å²) in [5.74, 6) is -1.20. The second-order valence-electron chi connectivity index (χ2n) is 4.86. The maximum atomic E-state index is 12.0. The molecule has 0 heterocycles. The normalized spacial score (nSPS) is 11.7. The molecule has 1 aromatic rings. The zero-order chi connectivity index (χ0) is 16.9. The number of anilines is 1. The minimum Gasteiger partial charge on any atom is -0.495 e. The number of benzene rings is 1. The number of nitro groups is 1. The Kier molecular flexibility index (Phi) is 5.85. The van der Waals surface area contributed by atoms with Gasteiger partial charge in [0.05, 0.1) is 23.6 Å². The fraction of sp³-hybridized carbons (Fsp3) is 0.429. The van der Waals surface area contributed by atoms with Crippen molar-refractivity contribution in [2.45, 2.75) is 26.9 Å². The Morgan fingerprint density at radius 3 is 2.41 bits per heavy atom. The zero-order valence-corrected chi connectivity index (χ0v) is 12.8. The smallest absolute Gasteiger partial charge is 0.309 e. The predicted molar refractivity (Wildman–Crippen MR) is 78.7 cm³/mol. The summed E-state index contributed by atoms with van der Waals surface area (Å²) in [6.07, 6.45) is -1.03. The molecule has 1 atom stereocenters. The van der Waals surface area contributed by atoms with Crippen LogP contribution >= 0.6 is 0 Å². The summed E-state index contributed by atoms with van der Waals surface area (Å²) < 4.78 is 10.0. The van der Waals surface area contributed by atoms with E-state index in [-0.39, 0.29) is 23.0 Å². The first-order valence-electron chi connectivity index (χ1n) is 6.60. The Balaban J connectivity index is 2.88. The Morgan fingerprint density at radius 1 is 1.27 bits per heavy atom. The lowest BCUT2D eigenvalue weighted by molar-refractivity contribution is -0.384. The van der Waals surface area contributed by atoms with Gasteiger partial charge in [-0.25, -0.2) is 0 Å². The van der Waals surface area contributed by atoms with Crippen LogP contribution in [0.3, 0.4) is 0 Å². The summed E-state index contributed by atoms with van der Waals surface area (Å²) >= 11 is 0. The predicted octanol–water partition coefficient (Wildman–Crippen LogP) is 2.13. The molecule has 0 aliphatic heterocycles. The molecule has 0 aliphatic rings. The Labute approximate surface area is 127 Å². The third-order valence-electron chi connectivity index (χ3n) is 2.79. The summed E-state index contributed by atoms with van der Waals surface area (Å²) in [4.78, 5) is 33.7. The molecule has 1 rings (SSSR count). The maximum absolute atomic E-state index is 12.0. The lowest BCUT2D eigenvalue weighted by Crippen LogP contribution is -2.31. The van der Waals surface area contributed by atoms with Crippen molar-refractivity contribution in [1.82, 2.24) is 0 Å². The van der Waals surface area contributed by atoms with Gasteiger partial charge in [0, 0.05) is 12.1 Å². The van der Waals surface area contributed by atoms with Gasteiger partial charge in [-0.15, -0.1) is 0 Å². The minimum atomic E-state index is -1.03. The van der Waals surface area contributed by atoms with Gasteiger partial charge in [0.15, 0.2) is 6.10 Å². The van der Waals surface area contributed by atoms with E-state index >= 15 is 0 Å². The van der Waals surface area contributed by atoms with Crippen LogP contribution in [0.2, 0.25) is 0 Å². The second kappa shape index (κ2) is 7.39. The number of carbonyl (C=O) groups excluding carboxylic acids is 2. The van der Waals surface area contributed by atoms with E-state index in [0.717, 1.165) is 0 Å². The Bertz CT molecular complexity index is 585. The van der Waals surface area contributed by atoms with Crippen LogP contribution in [0.1, 0.15) is 20.8 Å². The molecule has 8 nitrogen and oxygen atoms in total. The maximum Gasteiger partial charge on any atom is 0.309 e. The van der Waals surface area contributed by atoms with Crippen LogP contribution in [0.25, 0.3) is 0 Å². The number of hydrogen-bond donors (Lipinski definition) is 1. The van der Waals surface area contributed by atoms with Gasteiger partial charge < -0.3 is 14.8 Å². The minimum absolute atomic E-state index is 0.133. The van der Waals surface area contributed by atoms with Crippen molar-refractivity contribution < 1.29 is 24.0 Å². The van der Waals surface area contributed by atoms with Crippen LogP contribution in [0.4, 0.5) is 11.4 Å².